The number of carbonyl (C=O) groups excluding carboxylic acids is 6. The van der Waals surface area contributed by atoms with E-state index in [4.69, 9.17) is 31.7 Å². The molecular formula is C54H60FN11O8Y-2. The summed E-state index contributed by atoms with van der Waals surface area (Å²) in [6, 6.07) is 21.3. The number of para-hydroxylation sites is 1. The monoisotopic (exact) mass is 1100 g/mol. The van der Waals surface area contributed by atoms with E-state index in [1.165, 1.54) is 12.4 Å². The van der Waals surface area contributed by atoms with E-state index < -0.39 is 17.4 Å². The van der Waals surface area contributed by atoms with E-state index >= 15 is 4.39 Å². The van der Waals surface area contributed by atoms with E-state index in [0.29, 0.717) is 85.9 Å². The van der Waals surface area contributed by atoms with E-state index in [2.05, 4.69) is 42.9 Å². The average Bonchev–Trinajstić information content (AvgIpc) is 4.11. The van der Waals surface area contributed by atoms with Crippen LogP contribution in [-0.2, 0) is 74.5 Å². The quantitative estimate of drug-likeness (QED) is 0.0603. The number of anilines is 1. The molecule has 5 aromatic rings. The van der Waals surface area contributed by atoms with Crippen molar-refractivity contribution in [2.75, 3.05) is 64.8 Å². The zero-order valence-corrected chi connectivity index (χ0v) is 45.1. The maximum Gasteiger partial charge on any atom is 0.252 e. The first kappa shape index (κ1) is 57.5. The van der Waals surface area contributed by atoms with Gasteiger partial charge in [-0.2, -0.15) is 29.4 Å². The summed E-state index contributed by atoms with van der Waals surface area (Å²) in [6.45, 7) is 24.0. The number of aromatic nitrogens is 4. The zero-order valence-electron chi connectivity index (χ0n) is 42.2. The van der Waals surface area contributed by atoms with E-state index in [1.807, 2.05) is 38.8 Å². The second kappa shape index (κ2) is 26.6. The van der Waals surface area contributed by atoms with Crippen LogP contribution in [0.5, 0.6) is 11.5 Å². The molecule has 1 aliphatic carbocycles. The van der Waals surface area contributed by atoms with Crippen molar-refractivity contribution in [1.29, 1.82) is 0 Å². The van der Waals surface area contributed by atoms with Gasteiger partial charge in [0, 0.05) is 109 Å². The molecule has 9 rings (SSSR count). The summed E-state index contributed by atoms with van der Waals surface area (Å²) in [5, 5.41) is 7.82. The summed E-state index contributed by atoms with van der Waals surface area (Å²) >= 11 is 0. The Balaban J connectivity index is 0.000000363. The number of likely N-dealkylation sites (tertiary alicyclic amines) is 1. The number of carbonyl (C=O) groups is 6. The number of halogens is 1. The van der Waals surface area contributed by atoms with Crippen molar-refractivity contribution < 1.29 is 75.3 Å². The largest absolute Gasteiger partial charge is 0.457 e. The fourth-order valence-electron chi connectivity index (χ4n) is 9.68. The van der Waals surface area contributed by atoms with Crippen LogP contribution in [0.25, 0.3) is 27.1 Å². The molecule has 1 radical (unpaired) electrons. The molecule has 3 aliphatic heterocycles. The standard InChI is InChI=1S/C39H46FN10O4.C14H12NO3.CH2O.Y/c1-27(51)43-14-21-53-22-20-47-16-18-48(19-17-47)39(2,3)24-33(42-4)38(52)49-15-8-9-28(49)25-50-37-34(36(41)44-26-45-37)35(46-50)31-13-12-30(23-32(31)40)54-29-10-6-5-7-11-29;16-10-5-6-12(13(17)7-10)15-8-9-3-1-2-4-11(9)14(15)18;1-2;/h5-7,10-13,23-24,26,28H,1,8-9,14-22,25H2,2-3H3,(H,43,51)(H2,41,44,45);1-2,4,12H,5-8H2;1H2;/q2*-1;;/b33-24-;;;/t28-;;;/m1.../s1. The Morgan fingerprint density at radius 2 is 1.76 bits per heavy atom. The van der Waals surface area contributed by atoms with Crippen molar-refractivity contribution in [3.63, 3.8) is 0 Å². The predicted octanol–water partition coefficient (Wildman–Crippen LogP) is 5.11. The fourth-order valence-corrected chi connectivity index (χ4v) is 9.68. The number of ether oxygens (including phenoxy) is 2. The van der Waals surface area contributed by atoms with Gasteiger partial charge in [-0.15, -0.1) is 5.56 Å². The molecule has 2 atom stereocenters. The second-order valence-corrected chi connectivity index (χ2v) is 18.7. The van der Waals surface area contributed by atoms with Gasteiger partial charge in [-0.3, -0.25) is 29.0 Å². The first-order chi connectivity index (χ1) is 35.7. The van der Waals surface area contributed by atoms with E-state index in [9.17, 15) is 24.0 Å². The van der Waals surface area contributed by atoms with Gasteiger partial charge in [0.25, 0.3) is 5.91 Å². The van der Waals surface area contributed by atoms with Crippen LogP contribution in [-0.4, -0.2) is 152 Å². The molecule has 0 bridgehead atoms. The zero-order chi connectivity index (χ0) is 52.9. The number of nitrogens with zero attached hydrogens (tertiary/aromatic N) is 9. The third kappa shape index (κ3) is 14.1. The number of benzene rings is 3. The summed E-state index contributed by atoms with van der Waals surface area (Å²) in [5.74, 6) is -0.377. The predicted molar refractivity (Wildman–Crippen MR) is 272 cm³/mol. The number of amides is 3. The van der Waals surface area contributed by atoms with Crippen LogP contribution in [0.15, 0.2) is 84.8 Å². The van der Waals surface area contributed by atoms with Crippen molar-refractivity contribution in [1.82, 2.24) is 44.7 Å². The molecule has 2 saturated heterocycles. The first-order valence-electron chi connectivity index (χ1n) is 24.4. The number of nitrogens with two attached hydrogens (primary N) is 1. The second-order valence-electron chi connectivity index (χ2n) is 18.7. The normalized spacial score (nSPS) is 18.0. The number of rotatable bonds is 15. The third-order valence-electron chi connectivity index (χ3n) is 13.5. The van der Waals surface area contributed by atoms with Gasteiger partial charge in [0.1, 0.15) is 47.7 Å². The molecule has 1 unspecified atom stereocenters. The van der Waals surface area contributed by atoms with Crippen LogP contribution in [0.1, 0.15) is 61.9 Å². The van der Waals surface area contributed by atoms with Gasteiger partial charge in [-0.25, -0.2) is 23.9 Å². The first-order valence-corrected chi connectivity index (χ1v) is 24.4. The van der Waals surface area contributed by atoms with Crippen LogP contribution in [0.2, 0.25) is 0 Å². The molecule has 3 aromatic carbocycles. The molecule has 75 heavy (non-hydrogen) atoms. The molecule has 3 amide bonds. The summed E-state index contributed by atoms with van der Waals surface area (Å²) < 4.78 is 28.8. The number of nitrogen functional groups attached to an aromatic ring is 1. The molecule has 3 fully saturated rings. The Morgan fingerprint density at radius 3 is 2.45 bits per heavy atom. The molecule has 4 aliphatic rings. The van der Waals surface area contributed by atoms with E-state index in [-0.39, 0.29) is 98.1 Å². The Hall–Kier alpha value is -6.76. The number of fused-ring (bicyclic) bond motifs is 2. The Labute approximate surface area is 460 Å². The van der Waals surface area contributed by atoms with Crippen LogP contribution in [0.4, 0.5) is 10.2 Å². The van der Waals surface area contributed by atoms with Crippen LogP contribution in [0, 0.1) is 25.4 Å². The van der Waals surface area contributed by atoms with Gasteiger partial charge in [-0.05, 0) is 57.4 Å². The maximum atomic E-state index is 15.7. The molecule has 391 valence electrons. The molecule has 5 heterocycles. The summed E-state index contributed by atoms with van der Waals surface area (Å²) in [4.78, 5) is 88.4. The topological polar surface area (TPSA) is 220 Å². The molecule has 21 heteroatoms. The summed E-state index contributed by atoms with van der Waals surface area (Å²) in [7, 11) is 0. The van der Waals surface area contributed by atoms with Gasteiger partial charge in [0.15, 0.2) is 17.3 Å². The average molecular weight is 1100 g/mol. The van der Waals surface area contributed by atoms with Crippen molar-refractivity contribution in [2.24, 2.45) is 0 Å². The molecule has 1 saturated carbocycles. The van der Waals surface area contributed by atoms with E-state index in [1.54, 1.807) is 63.0 Å². The van der Waals surface area contributed by atoms with Gasteiger partial charge in [0.05, 0.1) is 56.1 Å². The van der Waals surface area contributed by atoms with Crippen molar-refractivity contribution in [3.8, 4) is 22.8 Å². The molecular weight excluding hydrogens is 1040 g/mol. The Morgan fingerprint density at radius 1 is 1.00 bits per heavy atom. The molecule has 3 N–H and O–H groups in total. The van der Waals surface area contributed by atoms with Gasteiger partial charge < -0.3 is 46.8 Å². The summed E-state index contributed by atoms with van der Waals surface area (Å²) in [6.07, 6.45) is 5.41. The minimum Gasteiger partial charge on any atom is -0.457 e. The van der Waals surface area contributed by atoms with Crippen molar-refractivity contribution in [2.45, 2.75) is 76.7 Å². The third-order valence-corrected chi connectivity index (χ3v) is 13.5. The number of hydrogen-bond acceptors (Lipinski definition) is 14. The summed E-state index contributed by atoms with van der Waals surface area (Å²) in [5.41, 5.74) is 8.26. The Bertz CT molecular complexity index is 2920. The minimum absolute atomic E-state index is 0. The molecule has 19 nitrogen and oxygen atoms in total. The van der Waals surface area contributed by atoms with Gasteiger partial charge in [0.2, 0.25) is 5.70 Å². The number of piperazine rings is 1. The molecule has 2 aromatic heterocycles. The fraction of sp³-hybridized carbons (Fsp3) is 0.389. The SMILES string of the molecule is C=O.O=C1CCC(N2Cc3[c-]cccc3C2=O)C(=O)C1.[C-]#[N+]/C(=C\C(C)(C)N1CCN(CCOCCNC([CH2-])=O)CC1)C(=O)N1CCC[C@@H]1Cn1nc(-c2ccc(Oc3ccccc3)cc2F)c2c(N)ncnc21.[Y]. The van der Waals surface area contributed by atoms with E-state index in [0.717, 1.165) is 44.7 Å². The number of nitrogens with one attached hydrogen (secondary N) is 1. The van der Waals surface area contributed by atoms with Crippen LogP contribution in [0.3, 0.4) is 0 Å². The smallest absolute Gasteiger partial charge is 0.252 e. The number of hydrogen-bond donors (Lipinski definition) is 2. The maximum absolute atomic E-state index is 15.7. The van der Waals surface area contributed by atoms with Gasteiger partial charge in [-0.1, -0.05) is 29.8 Å². The van der Waals surface area contributed by atoms with Crippen LogP contribution < -0.4 is 15.8 Å². The molecule has 0 spiro atoms. The number of Topliss-reactive ketones (excluding diaryl/α,β-unsaturated/α-hetero) is 2. The minimum atomic E-state index is -0.547. The Kier molecular flexibility index (Phi) is 20.4. The number of ketones is 2. The van der Waals surface area contributed by atoms with Crippen molar-refractivity contribution in [3.05, 3.63) is 126 Å². The van der Waals surface area contributed by atoms with Gasteiger partial charge >= 0.3 is 0 Å². The van der Waals surface area contributed by atoms with Crippen LogP contribution >= 0.6 is 0 Å². The van der Waals surface area contributed by atoms with Crippen molar-refractivity contribution >= 4 is 52.9 Å².